The topological polar surface area (TPSA) is 169 Å². The second-order valence-electron chi connectivity index (χ2n) is 14.5. The molecule has 0 radical (unpaired) electrons. The Morgan fingerprint density at radius 2 is 1.09 bits per heavy atom. The summed E-state index contributed by atoms with van der Waals surface area (Å²) < 4.78 is 21.7. The average Bonchev–Trinajstić information content (AvgIpc) is 3.15. The number of hydrogen-bond acceptors (Lipinski definition) is 10. The maximum atomic E-state index is 12.7. The number of carbonyl (C=O) groups excluding carboxylic acids is 2. The Morgan fingerprint density at radius 3 is 1.65 bits per heavy atom. The molecule has 1 aliphatic heterocycles. The van der Waals surface area contributed by atoms with Crippen LogP contribution in [-0.4, -0.2) is 88.4 Å². The lowest BCUT2D eigenvalue weighted by molar-refractivity contribution is -0.298. The molecule has 11 nitrogen and oxygen atoms in total. The minimum Gasteiger partial charge on any atom is -0.479 e. The molecule has 0 bridgehead atoms. The summed E-state index contributed by atoms with van der Waals surface area (Å²) in [5.41, 5.74) is 0. The molecule has 0 aromatic heterocycles. The minimum atomic E-state index is -1.86. The van der Waals surface area contributed by atoms with Crippen molar-refractivity contribution < 1.29 is 53.8 Å². The van der Waals surface area contributed by atoms with Gasteiger partial charge in [0.2, 0.25) is 0 Å². The molecule has 0 spiro atoms. The van der Waals surface area contributed by atoms with E-state index in [1.807, 2.05) is 0 Å². The molecule has 54 heavy (non-hydrogen) atoms. The van der Waals surface area contributed by atoms with Crippen molar-refractivity contribution in [1.29, 1.82) is 0 Å². The highest BCUT2D eigenvalue weighted by Gasteiger charge is 2.47. The van der Waals surface area contributed by atoms with Crippen LogP contribution in [0.25, 0.3) is 0 Å². The standard InChI is InChI=1S/C43H74O11/c1-3-5-7-9-11-13-15-17-18-20-21-23-25-27-29-31-36(44)51-33-35(34-52-43-40(48)38(46)39(47)41(54-43)42(49)50)53-37(45)32-30-28-26-24-22-19-16-14-12-10-8-6-4-2/h5,7,11,13,17-18,35,38-41,43,46-48H,3-4,6,8-10,12,14-16,19-34H2,1-2H3,(H,49,50)/b7-5-,13-11-,18-17-/t35?,38-,39-,40+,41-,43-/m0/s1. The van der Waals surface area contributed by atoms with Crippen LogP contribution in [0.4, 0.5) is 0 Å². The summed E-state index contributed by atoms with van der Waals surface area (Å²) in [6.45, 7) is 3.67. The van der Waals surface area contributed by atoms with E-state index in [1.54, 1.807) is 0 Å². The minimum absolute atomic E-state index is 0.181. The van der Waals surface area contributed by atoms with Gasteiger partial charge in [-0.05, 0) is 44.9 Å². The van der Waals surface area contributed by atoms with E-state index < -0.39 is 61.3 Å². The molecular weight excluding hydrogens is 692 g/mol. The van der Waals surface area contributed by atoms with E-state index in [1.165, 1.54) is 57.8 Å². The van der Waals surface area contributed by atoms with Crippen molar-refractivity contribution >= 4 is 17.9 Å². The van der Waals surface area contributed by atoms with Crippen molar-refractivity contribution in [3.05, 3.63) is 36.5 Å². The molecule has 0 aromatic rings. The lowest BCUT2D eigenvalue weighted by atomic mass is 9.99. The monoisotopic (exact) mass is 767 g/mol. The van der Waals surface area contributed by atoms with Crippen molar-refractivity contribution in [2.24, 2.45) is 0 Å². The molecule has 1 fully saturated rings. The normalized spacial score (nSPS) is 20.9. The third-order valence-corrected chi connectivity index (χ3v) is 9.50. The van der Waals surface area contributed by atoms with Crippen molar-refractivity contribution in [1.82, 2.24) is 0 Å². The predicted octanol–water partition coefficient (Wildman–Crippen LogP) is 8.42. The predicted molar refractivity (Wildman–Crippen MR) is 211 cm³/mol. The molecule has 0 aromatic carbocycles. The van der Waals surface area contributed by atoms with E-state index in [0.29, 0.717) is 12.8 Å². The fraction of sp³-hybridized carbons (Fsp3) is 0.791. The first-order valence-electron chi connectivity index (χ1n) is 21.0. The number of aliphatic hydroxyl groups is 3. The molecule has 1 heterocycles. The second-order valence-corrected chi connectivity index (χ2v) is 14.5. The Labute approximate surface area is 325 Å². The van der Waals surface area contributed by atoms with Gasteiger partial charge in [-0.3, -0.25) is 9.59 Å². The third-order valence-electron chi connectivity index (χ3n) is 9.50. The van der Waals surface area contributed by atoms with E-state index in [9.17, 15) is 34.8 Å². The van der Waals surface area contributed by atoms with E-state index in [-0.39, 0.29) is 19.4 Å². The first kappa shape index (κ1) is 49.4. The summed E-state index contributed by atoms with van der Waals surface area (Å²) in [5, 5.41) is 39.7. The summed E-state index contributed by atoms with van der Waals surface area (Å²) in [6.07, 6.45) is 27.7. The smallest absolute Gasteiger partial charge is 0.335 e. The maximum Gasteiger partial charge on any atom is 0.335 e. The Bertz CT molecular complexity index is 1040. The van der Waals surface area contributed by atoms with E-state index >= 15 is 0 Å². The van der Waals surface area contributed by atoms with Crippen LogP contribution in [0.5, 0.6) is 0 Å². The molecule has 6 atom stereocenters. The van der Waals surface area contributed by atoms with Gasteiger partial charge in [0.05, 0.1) is 6.61 Å². The quantitative estimate of drug-likeness (QED) is 0.0282. The van der Waals surface area contributed by atoms with Crippen molar-refractivity contribution in [2.75, 3.05) is 13.2 Å². The SMILES string of the molecule is CC/C=C\C/C=C\C/C=C\CCCCCCCC(=O)OCC(CO[C@H]1O[C@H](C(=O)O)[C@@H](O)[C@H](O)[C@H]1O)OC(=O)CCCCCCCCCCCCCCC. The summed E-state index contributed by atoms with van der Waals surface area (Å²) in [7, 11) is 0. The Kier molecular flexibility index (Phi) is 30.9. The van der Waals surface area contributed by atoms with E-state index in [0.717, 1.165) is 70.6 Å². The van der Waals surface area contributed by atoms with Gasteiger partial charge in [0.1, 0.15) is 24.9 Å². The van der Waals surface area contributed by atoms with Gasteiger partial charge >= 0.3 is 17.9 Å². The van der Waals surface area contributed by atoms with Gasteiger partial charge in [0, 0.05) is 12.8 Å². The van der Waals surface area contributed by atoms with Gasteiger partial charge in [-0.1, -0.05) is 147 Å². The zero-order valence-electron chi connectivity index (χ0n) is 33.5. The second kappa shape index (κ2) is 33.7. The van der Waals surface area contributed by atoms with Crippen LogP contribution in [0.15, 0.2) is 36.5 Å². The molecule has 312 valence electrons. The van der Waals surface area contributed by atoms with Gasteiger partial charge in [-0.25, -0.2) is 4.79 Å². The number of ether oxygens (including phenoxy) is 4. The van der Waals surface area contributed by atoms with Gasteiger partial charge in [-0.15, -0.1) is 0 Å². The van der Waals surface area contributed by atoms with Gasteiger partial charge < -0.3 is 39.4 Å². The summed E-state index contributed by atoms with van der Waals surface area (Å²) in [6, 6.07) is 0. The zero-order chi connectivity index (χ0) is 39.7. The highest BCUT2D eigenvalue weighted by Crippen LogP contribution is 2.23. The van der Waals surface area contributed by atoms with Crippen molar-refractivity contribution in [2.45, 2.75) is 205 Å². The van der Waals surface area contributed by atoms with Crippen molar-refractivity contribution in [3.63, 3.8) is 0 Å². The maximum absolute atomic E-state index is 12.7. The Morgan fingerprint density at radius 1 is 0.593 bits per heavy atom. The summed E-state index contributed by atoms with van der Waals surface area (Å²) >= 11 is 0. The van der Waals surface area contributed by atoms with Gasteiger partial charge in [0.15, 0.2) is 18.5 Å². The Hall–Kier alpha value is -2.57. The number of carboxylic acids is 1. The fourth-order valence-corrected chi connectivity index (χ4v) is 6.19. The molecule has 0 amide bonds. The third kappa shape index (κ3) is 25.5. The molecule has 11 heteroatoms. The number of aliphatic carboxylic acids is 1. The molecule has 4 N–H and O–H groups in total. The highest BCUT2D eigenvalue weighted by atomic mass is 16.7. The largest absolute Gasteiger partial charge is 0.479 e. The van der Waals surface area contributed by atoms with Crippen LogP contribution in [-0.2, 0) is 33.3 Å². The number of rotatable bonds is 34. The van der Waals surface area contributed by atoms with Crippen molar-refractivity contribution in [3.8, 4) is 0 Å². The van der Waals surface area contributed by atoms with E-state index in [4.69, 9.17) is 18.9 Å². The first-order valence-corrected chi connectivity index (χ1v) is 21.0. The Balaban J connectivity index is 2.41. The summed E-state index contributed by atoms with van der Waals surface area (Å²) in [5.74, 6) is -2.46. The van der Waals surface area contributed by atoms with E-state index in [2.05, 4.69) is 50.3 Å². The van der Waals surface area contributed by atoms with Gasteiger partial charge in [-0.2, -0.15) is 0 Å². The number of unbranched alkanes of at least 4 members (excludes halogenated alkanes) is 17. The molecule has 1 rings (SSSR count). The van der Waals surface area contributed by atoms with Crippen LogP contribution < -0.4 is 0 Å². The van der Waals surface area contributed by atoms with Gasteiger partial charge in [0.25, 0.3) is 0 Å². The van der Waals surface area contributed by atoms with Crippen LogP contribution in [0.1, 0.15) is 168 Å². The molecular formula is C43H74O11. The van der Waals surface area contributed by atoms with Crippen LogP contribution in [0.2, 0.25) is 0 Å². The molecule has 1 saturated heterocycles. The number of hydrogen-bond donors (Lipinski definition) is 4. The highest BCUT2D eigenvalue weighted by molar-refractivity contribution is 5.73. The van der Waals surface area contributed by atoms with Crippen LogP contribution in [0, 0.1) is 0 Å². The number of carbonyl (C=O) groups is 3. The fourth-order valence-electron chi connectivity index (χ4n) is 6.19. The first-order chi connectivity index (χ1) is 26.2. The average molecular weight is 767 g/mol. The number of esters is 2. The van der Waals surface area contributed by atoms with Crippen LogP contribution >= 0.6 is 0 Å². The van der Waals surface area contributed by atoms with Crippen LogP contribution in [0.3, 0.4) is 0 Å². The lowest BCUT2D eigenvalue weighted by Crippen LogP contribution is -2.60. The number of carboxylic acid groups (broad SMARTS) is 1. The number of aliphatic hydroxyl groups excluding tert-OH is 3. The molecule has 0 saturated carbocycles. The molecule has 1 unspecified atom stereocenters. The lowest BCUT2D eigenvalue weighted by Gasteiger charge is -2.38. The molecule has 0 aliphatic carbocycles. The zero-order valence-corrected chi connectivity index (χ0v) is 33.5. The number of allylic oxidation sites excluding steroid dienone is 6. The summed E-state index contributed by atoms with van der Waals surface area (Å²) in [4.78, 5) is 36.7. The molecule has 1 aliphatic rings.